The van der Waals surface area contributed by atoms with Gasteiger partial charge in [-0.25, -0.2) is 14.8 Å². The molecule has 1 aliphatic rings. The van der Waals surface area contributed by atoms with Gasteiger partial charge in [-0.3, -0.25) is 4.79 Å². The van der Waals surface area contributed by atoms with Crippen LogP contribution in [0, 0.1) is 0 Å². The molecule has 3 amide bonds. The molecule has 5 rings (SSSR count). The quantitative estimate of drug-likeness (QED) is 0.310. The van der Waals surface area contributed by atoms with Gasteiger partial charge < -0.3 is 26.3 Å². The molecule has 0 spiro atoms. The molecule has 38 heavy (non-hydrogen) atoms. The molecule has 0 radical (unpaired) electrons. The van der Waals surface area contributed by atoms with Crippen LogP contribution in [0.1, 0.15) is 21.6 Å². The summed E-state index contributed by atoms with van der Waals surface area (Å²) in [7, 11) is 1.86. The molecule has 4 aromatic rings. The standard InChI is InChI=1S/C26H22F3N7O2/c1-36-20-9-10-31-23(37)18(20)12-21(36)22-19(13-32-24(30)35-22)14-3-2-4-17(11-14)34-25(38)33-16-7-5-15(6-8-16)26(27,28)29/h2-8,11-13H,9-10H2,1H3,(H,31,37)(H2,30,32,35)(H2,33,34,38). The van der Waals surface area contributed by atoms with Gasteiger partial charge in [-0.2, -0.15) is 13.2 Å². The van der Waals surface area contributed by atoms with Crippen molar-refractivity contribution in [3.63, 3.8) is 0 Å². The van der Waals surface area contributed by atoms with E-state index in [9.17, 15) is 22.8 Å². The predicted molar refractivity (Wildman–Crippen MR) is 136 cm³/mol. The van der Waals surface area contributed by atoms with Gasteiger partial charge in [0.2, 0.25) is 5.95 Å². The van der Waals surface area contributed by atoms with E-state index in [2.05, 4.69) is 25.9 Å². The van der Waals surface area contributed by atoms with Crippen molar-refractivity contribution in [2.45, 2.75) is 12.6 Å². The average molecular weight is 522 g/mol. The van der Waals surface area contributed by atoms with Crippen LogP contribution in [-0.2, 0) is 19.6 Å². The minimum Gasteiger partial charge on any atom is -0.368 e. The highest BCUT2D eigenvalue weighted by Crippen LogP contribution is 2.35. The molecule has 0 saturated carbocycles. The molecule has 0 aliphatic carbocycles. The number of carbonyl (C=O) groups is 2. The molecule has 0 saturated heterocycles. The van der Waals surface area contributed by atoms with Crippen molar-refractivity contribution in [2.24, 2.45) is 7.05 Å². The first-order valence-corrected chi connectivity index (χ1v) is 11.6. The first-order chi connectivity index (χ1) is 18.1. The average Bonchev–Trinajstić information content (AvgIpc) is 3.21. The Kier molecular flexibility index (Phi) is 6.23. The maximum Gasteiger partial charge on any atom is 0.416 e. The van der Waals surface area contributed by atoms with Crippen LogP contribution < -0.4 is 21.7 Å². The summed E-state index contributed by atoms with van der Waals surface area (Å²) in [6, 6.07) is 12.2. The maximum absolute atomic E-state index is 12.8. The summed E-state index contributed by atoms with van der Waals surface area (Å²) >= 11 is 0. The van der Waals surface area contributed by atoms with Crippen LogP contribution in [0.5, 0.6) is 0 Å². The number of benzene rings is 2. The first-order valence-electron chi connectivity index (χ1n) is 11.6. The fraction of sp³-hybridized carbons (Fsp3) is 0.154. The zero-order valence-electron chi connectivity index (χ0n) is 20.1. The summed E-state index contributed by atoms with van der Waals surface area (Å²) in [6.45, 7) is 0.546. The molecular weight excluding hydrogens is 499 g/mol. The number of rotatable bonds is 4. The van der Waals surface area contributed by atoms with Gasteiger partial charge in [-0.05, 0) is 48.0 Å². The van der Waals surface area contributed by atoms with Gasteiger partial charge in [-0.15, -0.1) is 0 Å². The number of urea groups is 1. The topological polar surface area (TPSA) is 127 Å². The SMILES string of the molecule is Cn1c(-c2nc(N)ncc2-c2cccc(NC(=O)Nc3ccc(C(F)(F)F)cc3)c2)cc2c1CCNC2=O. The van der Waals surface area contributed by atoms with Gasteiger partial charge in [0.25, 0.3) is 5.91 Å². The predicted octanol–water partition coefficient (Wildman–Crippen LogP) is 4.68. The number of nitrogens with one attached hydrogen (secondary N) is 3. The Morgan fingerprint density at radius 1 is 1.05 bits per heavy atom. The Morgan fingerprint density at radius 3 is 2.50 bits per heavy atom. The van der Waals surface area contributed by atoms with E-state index in [0.29, 0.717) is 46.7 Å². The van der Waals surface area contributed by atoms with Crippen molar-refractivity contribution < 1.29 is 22.8 Å². The van der Waals surface area contributed by atoms with Crippen molar-refractivity contribution in [1.82, 2.24) is 19.9 Å². The normalized spacial score (nSPS) is 13.0. The number of anilines is 3. The molecule has 5 N–H and O–H groups in total. The van der Waals surface area contributed by atoms with Gasteiger partial charge in [0.1, 0.15) is 5.69 Å². The fourth-order valence-electron chi connectivity index (χ4n) is 4.36. The minimum absolute atomic E-state index is 0.0672. The van der Waals surface area contributed by atoms with E-state index in [1.165, 1.54) is 12.1 Å². The number of hydrogen-bond donors (Lipinski definition) is 4. The number of nitrogen functional groups attached to an aromatic ring is 1. The second kappa shape index (κ2) is 9.54. The smallest absolute Gasteiger partial charge is 0.368 e. The molecule has 2 aromatic carbocycles. The van der Waals surface area contributed by atoms with Crippen molar-refractivity contribution >= 4 is 29.3 Å². The largest absolute Gasteiger partial charge is 0.416 e. The number of fused-ring (bicyclic) bond motifs is 1. The van der Waals surface area contributed by atoms with Crippen molar-refractivity contribution in [1.29, 1.82) is 0 Å². The number of nitrogens with zero attached hydrogens (tertiary/aromatic N) is 3. The highest BCUT2D eigenvalue weighted by Gasteiger charge is 2.30. The fourth-order valence-corrected chi connectivity index (χ4v) is 4.36. The van der Waals surface area contributed by atoms with E-state index >= 15 is 0 Å². The van der Waals surface area contributed by atoms with E-state index in [0.717, 1.165) is 17.8 Å². The van der Waals surface area contributed by atoms with Gasteiger partial charge in [0, 0.05) is 48.8 Å². The molecule has 0 bridgehead atoms. The van der Waals surface area contributed by atoms with Crippen LogP contribution in [0.15, 0.2) is 60.8 Å². The van der Waals surface area contributed by atoms with Crippen LogP contribution in [0.2, 0.25) is 0 Å². The molecule has 12 heteroatoms. The van der Waals surface area contributed by atoms with Crippen LogP contribution in [0.25, 0.3) is 22.5 Å². The lowest BCUT2D eigenvalue weighted by Crippen LogP contribution is -2.31. The summed E-state index contributed by atoms with van der Waals surface area (Å²) in [5.74, 6) is -0.0838. The molecule has 2 aromatic heterocycles. The third-order valence-electron chi connectivity index (χ3n) is 6.20. The summed E-state index contributed by atoms with van der Waals surface area (Å²) in [4.78, 5) is 33.5. The number of carbonyl (C=O) groups excluding carboxylic acids is 2. The number of halogens is 3. The Labute approximate surface area is 214 Å². The van der Waals surface area contributed by atoms with Crippen molar-refractivity contribution in [3.05, 3.63) is 77.6 Å². The monoisotopic (exact) mass is 521 g/mol. The van der Waals surface area contributed by atoms with Gasteiger partial charge >= 0.3 is 12.2 Å². The second-order valence-electron chi connectivity index (χ2n) is 8.68. The van der Waals surface area contributed by atoms with Gasteiger partial charge in [0.05, 0.1) is 16.8 Å². The van der Waals surface area contributed by atoms with E-state index in [1.54, 1.807) is 30.5 Å². The summed E-state index contributed by atoms with van der Waals surface area (Å²) < 4.78 is 40.2. The highest BCUT2D eigenvalue weighted by molar-refractivity contribution is 6.00. The summed E-state index contributed by atoms with van der Waals surface area (Å²) in [6.07, 6.45) is -2.21. The van der Waals surface area contributed by atoms with E-state index in [-0.39, 0.29) is 17.5 Å². The van der Waals surface area contributed by atoms with Gasteiger partial charge in [0.15, 0.2) is 0 Å². The lowest BCUT2D eigenvalue weighted by atomic mass is 10.0. The Hall–Kier alpha value is -4.87. The van der Waals surface area contributed by atoms with Crippen LogP contribution in [0.4, 0.5) is 35.3 Å². The van der Waals surface area contributed by atoms with E-state index in [4.69, 9.17) is 5.73 Å². The number of hydrogen-bond acceptors (Lipinski definition) is 5. The Bertz CT molecular complexity index is 1550. The number of amides is 3. The number of alkyl halides is 3. The van der Waals surface area contributed by atoms with Crippen LogP contribution in [-0.4, -0.2) is 33.0 Å². The molecule has 0 atom stereocenters. The third-order valence-corrected chi connectivity index (χ3v) is 6.20. The maximum atomic E-state index is 12.8. The zero-order valence-corrected chi connectivity index (χ0v) is 20.1. The third kappa shape index (κ3) is 4.88. The minimum atomic E-state index is -4.46. The summed E-state index contributed by atoms with van der Waals surface area (Å²) in [5.41, 5.74) is 9.72. The number of aromatic nitrogens is 3. The molecule has 3 heterocycles. The second-order valence-corrected chi connectivity index (χ2v) is 8.68. The number of nitrogens with two attached hydrogens (primary N) is 1. The Morgan fingerprint density at radius 2 is 1.79 bits per heavy atom. The molecule has 1 aliphatic heterocycles. The van der Waals surface area contributed by atoms with Crippen molar-refractivity contribution in [3.8, 4) is 22.5 Å². The molecule has 194 valence electrons. The van der Waals surface area contributed by atoms with E-state index in [1.807, 2.05) is 17.7 Å². The molecule has 0 fully saturated rings. The Balaban J connectivity index is 1.41. The highest BCUT2D eigenvalue weighted by atomic mass is 19.4. The van der Waals surface area contributed by atoms with Gasteiger partial charge in [-0.1, -0.05) is 12.1 Å². The van der Waals surface area contributed by atoms with Crippen molar-refractivity contribution in [2.75, 3.05) is 22.9 Å². The van der Waals surface area contributed by atoms with Crippen LogP contribution >= 0.6 is 0 Å². The summed E-state index contributed by atoms with van der Waals surface area (Å²) in [5, 5.41) is 8.02. The van der Waals surface area contributed by atoms with E-state index < -0.39 is 17.8 Å². The lowest BCUT2D eigenvalue weighted by molar-refractivity contribution is -0.137. The van der Waals surface area contributed by atoms with Crippen LogP contribution in [0.3, 0.4) is 0 Å². The zero-order chi connectivity index (χ0) is 27.0. The molecule has 9 nitrogen and oxygen atoms in total. The molecular formula is C26H22F3N7O2. The lowest BCUT2D eigenvalue weighted by Gasteiger charge is -2.15. The molecule has 0 unspecified atom stereocenters. The first kappa shape index (κ1) is 24.8.